The highest BCUT2D eigenvalue weighted by Crippen LogP contribution is 2.23. The van der Waals surface area contributed by atoms with E-state index in [0.717, 1.165) is 24.4 Å². The van der Waals surface area contributed by atoms with Crippen LogP contribution in [0.25, 0.3) is 0 Å². The summed E-state index contributed by atoms with van der Waals surface area (Å²) in [6.07, 6.45) is 0.972. The van der Waals surface area contributed by atoms with Gasteiger partial charge in [-0.15, -0.1) is 0 Å². The molecule has 0 amide bonds. The second-order valence-corrected chi connectivity index (χ2v) is 5.76. The van der Waals surface area contributed by atoms with E-state index in [1.165, 1.54) is 11.1 Å². The molecule has 3 heteroatoms. The summed E-state index contributed by atoms with van der Waals surface area (Å²) in [4.78, 5) is 2.36. The van der Waals surface area contributed by atoms with Crippen molar-refractivity contribution in [3.05, 3.63) is 59.7 Å². The summed E-state index contributed by atoms with van der Waals surface area (Å²) in [6, 6.07) is 17.1. The van der Waals surface area contributed by atoms with Crippen LogP contribution < -0.4 is 10.5 Å². The Bertz CT molecular complexity index is 583. The van der Waals surface area contributed by atoms with Gasteiger partial charge in [0.05, 0.1) is 12.3 Å². The fourth-order valence-electron chi connectivity index (χ4n) is 2.54. The molecular formula is C19H26N2O. The monoisotopic (exact) mass is 298 g/mol. The SMILES string of the molecule is CCOc1ccc(CC(C)N(C)Cc2ccccc2)cc1N. The van der Waals surface area contributed by atoms with Gasteiger partial charge in [-0.1, -0.05) is 36.4 Å². The summed E-state index contributed by atoms with van der Waals surface area (Å²) >= 11 is 0. The van der Waals surface area contributed by atoms with Crippen LogP contribution in [0.5, 0.6) is 5.75 Å². The molecule has 22 heavy (non-hydrogen) atoms. The quantitative estimate of drug-likeness (QED) is 0.792. The number of hydrogen-bond donors (Lipinski definition) is 1. The second kappa shape index (κ2) is 7.85. The Kier molecular flexibility index (Phi) is 5.84. The van der Waals surface area contributed by atoms with Crippen molar-refractivity contribution >= 4 is 5.69 Å². The molecule has 2 rings (SSSR count). The highest BCUT2D eigenvalue weighted by molar-refractivity contribution is 5.54. The Hall–Kier alpha value is -2.00. The smallest absolute Gasteiger partial charge is 0.142 e. The zero-order valence-electron chi connectivity index (χ0n) is 13.8. The molecule has 0 heterocycles. The molecule has 0 aliphatic carbocycles. The van der Waals surface area contributed by atoms with Crippen molar-refractivity contribution in [1.82, 2.24) is 4.90 Å². The van der Waals surface area contributed by atoms with E-state index in [9.17, 15) is 0 Å². The minimum Gasteiger partial charge on any atom is -0.492 e. The van der Waals surface area contributed by atoms with Gasteiger partial charge < -0.3 is 10.5 Å². The molecule has 3 nitrogen and oxygen atoms in total. The lowest BCUT2D eigenvalue weighted by Gasteiger charge is -2.25. The van der Waals surface area contributed by atoms with Crippen molar-refractivity contribution in [1.29, 1.82) is 0 Å². The number of nitrogens with zero attached hydrogens (tertiary/aromatic N) is 1. The number of nitrogen functional groups attached to an aromatic ring is 1. The molecule has 2 N–H and O–H groups in total. The van der Waals surface area contributed by atoms with Gasteiger partial charge in [0, 0.05) is 12.6 Å². The molecule has 1 atom stereocenters. The third kappa shape index (κ3) is 4.50. The van der Waals surface area contributed by atoms with Crippen LogP contribution in [-0.4, -0.2) is 24.6 Å². The average molecular weight is 298 g/mol. The highest BCUT2D eigenvalue weighted by Gasteiger charge is 2.11. The first-order valence-electron chi connectivity index (χ1n) is 7.85. The molecule has 2 aromatic carbocycles. The fourth-order valence-corrected chi connectivity index (χ4v) is 2.54. The van der Waals surface area contributed by atoms with E-state index in [1.54, 1.807) is 0 Å². The number of nitrogens with two attached hydrogens (primary N) is 1. The van der Waals surface area contributed by atoms with Gasteiger partial charge in [-0.05, 0) is 50.6 Å². The van der Waals surface area contributed by atoms with Crippen molar-refractivity contribution in [3.63, 3.8) is 0 Å². The predicted octanol–water partition coefficient (Wildman–Crippen LogP) is 3.73. The standard InChI is InChI=1S/C19H26N2O/c1-4-22-19-11-10-17(13-18(19)20)12-15(2)21(3)14-16-8-6-5-7-9-16/h5-11,13,15H,4,12,14,20H2,1-3H3. The number of benzene rings is 2. The molecule has 0 fully saturated rings. The summed E-state index contributed by atoms with van der Waals surface area (Å²) in [5.74, 6) is 0.775. The molecule has 2 aromatic rings. The van der Waals surface area contributed by atoms with Crippen LogP contribution in [-0.2, 0) is 13.0 Å². The van der Waals surface area contributed by atoms with Crippen molar-refractivity contribution in [3.8, 4) is 5.75 Å². The number of ether oxygens (including phenoxy) is 1. The largest absolute Gasteiger partial charge is 0.492 e. The second-order valence-electron chi connectivity index (χ2n) is 5.76. The van der Waals surface area contributed by atoms with Crippen molar-refractivity contribution < 1.29 is 4.74 Å². The van der Waals surface area contributed by atoms with Crippen LogP contribution in [0.4, 0.5) is 5.69 Å². The molecule has 0 bridgehead atoms. The summed E-state index contributed by atoms with van der Waals surface area (Å²) in [7, 11) is 2.16. The zero-order valence-corrected chi connectivity index (χ0v) is 13.8. The highest BCUT2D eigenvalue weighted by atomic mass is 16.5. The van der Waals surface area contributed by atoms with E-state index in [4.69, 9.17) is 10.5 Å². The van der Waals surface area contributed by atoms with Gasteiger partial charge >= 0.3 is 0 Å². The first-order valence-corrected chi connectivity index (χ1v) is 7.85. The van der Waals surface area contributed by atoms with E-state index in [1.807, 2.05) is 19.1 Å². The minimum atomic E-state index is 0.442. The topological polar surface area (TPSA) is 38.5 Å². The van der Waals surface area contributed by atoms with Crippen LogP contribution in [0.2, 0.25) is 0 Å². The maximum Gasteiger partial charge on any atom is 0.142 e. The van der Waals surface area contributed by atoms with Crippen LogP contribution in [0.15, 0.2) is 48.5 Å². The molecule has 0 radical (unpaired) electrons. The lowest BCUT2D eigenvalue weighted by molar-refractivity contribution is 0.248. The molecule has 0 aromatic heterocycles. The first kappa shape index (κ1) is 16.4. The third-order valence-corrected chi connectivity index (χ3v) is 3.93. The average Bonchev–Trinajstić information content (AvgIpc) is 2.51. The van der Waals surface area contributed by atoms with E-state index in [2.05, 4.69) is 55.3 Å². The molecule has 0 saturated carbocycles. The number of likely N-dealkylation sites (N-methyl/N-ethyl adjacent to an activating group) is 1. The Morgan fingerprint density at radius 3 is 2.45 bits per heavy atom. The molecule has 1 unspecified atom stereocenters. The molecule has 0 aliphatic rings. The summed E-state index contributed by atoms with van der Waals surface area (Å²) in [5, 5.41) is 0. The Labute approximate surface area is 133 Å². The number of hydrogen-bond acceptors (Lipinski definition) is 3. The molecule has 0 spiro atoms. The molecule has 0 saturated heterocycles. The first-order chi connectivity index (χ1) is 10.6. The van der Waals surface area contributed by atoms with Crippen LogP contribution in [0, 0.1) is 0 Å². The van der Waals surface area contributed by atoms with Gasteiger partial charge in [-0.2, -0.15) is 0 Å². The maximum atomic E-state index is 6.04. The van der Waals surface area contributed by atoms with Gasteiger partial charge in [0.15, 0.2) is 0 Å². The zero-order chi connectivity index (χ0) is 15.9. The van der Waals surface area contributed by atoms with Crippen molar-refractivity contribution in [2.24, 2.45) is 0 Å². The van der Waals surface area contributed by atoms with Gasteiger partial charge in [-0.3, -0.25) is 4.90 Å². The van der Waals surface area contributed by atoms with Crippen molar-refractivity contribution in [2.45, 2.75) is 32.9 Å². The summed E-state index contributed by atoms with van der Waals surface area (Å²) in [5.41, 5.74) is 9.34. The Morgan fingerprint density at radius 1 is 1.09 bits per heavy atom. The van der Waals surface area contributed by atoms with E-state index in [-0.39, 0.29) is 0 Å². The summed E-state index contributed by atoms with van der Waals surface area (Å²) < 4.78 is 5.49. The van der Waals surface area contributed by atoms with Crippen LogP contribution in [0.3, 0.4) is 0 Å². The molecular weight excluding hydrogens is 272 g/mol. The van der Waals surface area contributed by atoms with Gasteiger partial charge in [0.25, 0.3) is 0 Å². The molecule has 118 valence electrons. The Balaban J connectivity index is 1.96. The van der Waals surface area contributed by atoms with E-state index in [0.29, 0.717) is 12.6 Å². The van der Waals surface area contributed by atoms with E-state index >= 15 is 0 Å². The number of rotatable bonds is 7. The van der Waals surface area contributed by atoms with Gasteiger partial charge in [-0.25, -0.2) is 0 Å². The molecule has 0 aliphatic heterocycles. The lowest BCUT2D eigenvalue weighted by Crippen LogP contribution is -2.30. The van der Waals surface area contributed by atoms with Gasteiger partial charge in [0.1, 0.15) is 5.75 Å². The summed E-state index contributed by atoms with van der Waals surface area (Å²) in [6.45, 7) is 5.80. The predicted molar refractivity (Wildman–Crippen MR) is 93.1 cm³/mol. The third-order valence-electron chi connectivity index (χ3n) is 3.93. The fraction of sp³-hybridized carbons (Fsp3) is 0.368. The minimum absolute atomic E-state index is 0.442. The van der Waals surface area contributed by atoms with Crippen LogP contribution in [0.1, 0.15) is 25.0 Å². The Morgan fingerprint density at radius 2 is 1.82 bits per heavy atom. The van der Waals surface area contributed by atoms with E-state index < -0.39 is 0 Å². The maximum absolute atomic E-state index is 6.04. The van der Waals surface area contributed by atoms with Crippen LogP contribution >= 0.6 is 0 Å². The lowest BCUT2D eigenvalue weighted by atomic mass is 10.0. The van der Waals surface area contributed by atoms with Crippen molar-refractivity contribution in [2.75, 3.05) is 19.4 Å². The normalized spacial score (nSPS) is 12.4. The number of anilines is 1. The van der Waals surface area contributed by atoms with Gasteiger partial charge in [0.2, 0.25) is 0 Å².